The Morgan fingerprint density at radius 2 is 2.33 bits per heavy atom. The van der Waals surface area contributed by atoms with Crippen molar-refractivity contribution in [2.45, 2.75) is 0 Å². The number of pyridine rings is 2. The van der Waals surface area contributed by atoms with Crippen LogP contribution < -0.4 is 5.56 Å². The molecule has 0 aromatic carbocycles. The minimum Gasteiger partial charge on any atom is -0.506 e. The van der Waals surface area contributed by atoms with E-state index in [1.54, 1.807) is 12.3 Å². The Morgan fingerprint density at radius 3 is 3.20 bits per heavy atom. The SMILES string of the molecule is O=c1cc(O)c2sc3ncccc3c2[nH]1. The van der Waals surface area contributed by atoms with Crippen LogP contribution in [0, 0.1) is 0 Å². The van der Waals surface area contributed by atoms with Crippen LogP contribution in [0.4, 0.5) is 0 Å². The maximum Gasteiger partial charge on any atom is 0.252 e. The van der Waals surface area contributed by atoms with Gasteiger partial charge in [0.05, 0.1) is 10.2 Å². The average Bonchev–Trinajstić information content (AvgIpc) is 2.57. The van der Waals surface area contributed by atoms with Crippen molar-refractivity contribution in [1.29, 1.82) is 0 Å². The van der Waals surface area contributed by atoms with Crippen LogP contribution in [-0.2, 0) is 0 Å². The van der Waals surface area contributed by atoms with Gasteiger partial charge in [0.15, 0.2) is 0 Å². The van der Waals surface area contributed by atoms with Crippen LogP contribution in [0.1, 0.15) is 0 Å². The molecule has 0 saturated heterocycles. The summed E-state index contributed by atoms with van der Waals surface area (Å²) in [5.74, 6) is 0.0109. The number of aromatic hydroxyl groups is 1. The van der Waals surface area contributed by atoms with Crippen molar-refractivity contribution >= 4 is 31.8 Å². The molecule has 0 amide bonds. The van der Waals surface area contributed by atoms with Crippen LogP contribution in [0.3, 0.4) is 0 Å². The summed E-state index contributed by atoms with van der Waals surface area (Å²) < 4.78 is 0.670. The molecule has 0 fully saturated rings. The molecule has 0 radical (unpaired) electrons. The van der Waals surface area contributed by atoms with E-state index in [2.05, 4.69) is 9.97 Å². The van der Waals surface area contributed by atoms with Crippen molar-refractivity contribution in [2.24, 2.45) is 0 Å². The predicted octanol–water partition coefficient (Wildman–Crippen LogP) is 1.84. The zero-order valence-electron chi connectivity index (χ0n) is 7.52. The van der Waals surface area contributed by atoms with Crippen LogP contribution >= 0.6 is 11.3 Å². The lowest BCUT2D eigenvalue weighted by Crippen LogP contribution is -2.01. The number of aromatic amines is 1. The first-order chi connectivity index (χ1) is 7.25. The molecule has 0 aliphatic carbocycles. The van der Waals surface area contributed by atoms with Gasteiger partial charge in [0.2, 0.25) is 0 Å². The fraction of sp³-hybridized carbons (Fsp3) is 0. The zero-order valence-corrected chi connectivity index (χ0v) is 8.34. The summed E-state index contributed by atoms with van der Waals surface area (Å²) in [5, 5.41) is 10.5. The minimum atomic E-state index is -0.302. The average molecular weight is 218 g/mol. The molecule has 3 heterocycles. The van der Waals surface area contributed by atoms with Crippen LogP contribution in [-0.4, -0.2) is 15.1 Å². The van der Waals surface area contributed by atoms with E-state index in [1.807, 2.05) is 6.07 Å². The van der Waals surface area contributed by atoms with Crippen molar-refractivity contribution < 1.29 is 5.11 Å². The van der Waals surface area contributed by atoms with E-state index in [4.69, 9.17) is 0 Å². The number of rotatable bonds is 0. The molecular weight excluding hydrogens is 212 g/mol. The molecule has 0 bridgehead atoms. The normalized spacial score (nSPS) is 11.2. The van der Waals surface area contributed by atoms with Crippen LogP contribution in [0.5, 0.6) is 5.75 Å². The van der Waals surface area contributed by atoms with Gasteiger partial charge in [-0.1, -0.05) is 0 Å². The number of H-pyrrole nitrogens is 1. The number of thiophene rings is 1. The summed E-state index contributed by atoms with van der Waals surface area (Å²) in [5.41, 5.74) is 0.358. The maximum absolute atomic E-state index is 11.2. The molecule has 3 aromatic rings. The number of fused-ring (bicyclic) bond motifs is 3. The first-order valence-corrected chi connectivity index (χ1v) is 5.17. The number of hydrogen-bond donors (Lipinski definition) is 2. The molecular formula is C10H6N2O2S. The smallest absolute Gasteiger partial charge is 0.252 e. The van der Waals surface area contributed by atoms with Gasteiger partial charge in [-0.3, -0.25) is 4.79 Å². The molecule has 0 aliphatic rings. The molecule has 3 rings (SSSR count). The van der Waals surface area contributed by atoms with Gasteiger partial charge in [-0.25, -0.2) is 4.98 Å². The molecule has 0 aliphatic heterocycles. The summed E-state index contributed by atoms with van der Waals surface area (Å²) in [4.78, 5) is 18.9. The molecule has 2 N–H and O–H groups in total. The summed E-state index contributed by atoms with van der Waals surface area (Å²) in [6.07, 6.45) is 1.69. The maximum atomic E-state index is 11.2. The highest BCUT2D eigenvalue weighted by Crippen LogP contribution is 2.34. The number of nitrogens with zero attached hydrogens (tertiary/aromatic N) is 1. The molecule has 5 heteroatoms. The molecule has 0 spiro atoms. The van der Waals surface area contributed by atoms with Gasteiger partial charge in [-0.05, 0) is 12.1 Å². The van der Waals surface area contributed by atoms with Gasteiger partial charge in [-0.2, -0.15) is 0 Å². The molecule has 4 nitrogen and oxygen atoms in total. The van der Waals surface area contributed by atoms with E-state index in [1.165, 1.54) is 17.4 Å². The molecule has 0 atom stereocenters. The highest BCUT2D eigenvalue weighted by Gasteiger charge is 2.09. The van der Waals surface area contributed by atoms with Gasteiger partial charge >= 0.3 is 0 Å². The second-order valence-electron chi connectivity index (χ2n) is 3.18. The van der Waals surface area contributed by atoms with Crippen LogP contribution in [0.2, 0.25) is 0 Å². The monoisotopic (exact) mass is 218 g/mol. The predicted molar refractivity (Wildman–Crippen MR) is 59.4 cm³/mol. The Balaban J connectivity index is 2.66. The van der Waals surface area contributed by atoms with Gasteiger partial charge < -0.3 is 10.1 Å². The van der Waals surface area contributed by atoms with Crippen molar-refractivity contribution in [3.63, 3.8) is 0 Å². The van der Waals surface area contributed by atoms with Gasteiger partial charge in [-0.15, -0.1) is 11.3 Å². The van der Waals surface area contributed by atoms with Gasteiger partial charge in [0.1, 0.15) is 10.6 Å². The largest absolute Gasteiger partial charge is 0.506 e. The second kappa shape index (κ2) is 2.80. The van der Waals surface area contributed by atoms with Crippen molar-refractivity contribution in [1.82, 2.24) is 9.97 Å². The van der Waals surface area contributed by atoms with Crippen molar-refractivity contribution in [2.75, 3.05) is 0 Å². The Hall–Kier alpha value is -1.88. The van der Waals surface area contributed by atoms with E-state index in [-0.39, 0.29) is 11.3 Å². The van der Waals surface area contributed by atoms with E-state index >= 15 is 0 Å². The van der Waals surface area contributed by atoms with Crippen molar-refractivity contribution in [3.05, 3.63) is 34.7 Å². The quantitative estimate of drug-likeness (QED) is 0.605. The molecule has 3 aromatic heterocycles. The summed E-state index contributed by atoms with van der Waals surface area (Å²) >= 11 is 1.37. The summed E-state index contributed by atoms with van der Waals surface area (Å²) in [6.45, 7) is 0. The molecule has 74 valence electrons. The van der Waals surface area contributed by atoms with Gasteiger partial charge in [0, 0.05) is 17.6 Å². The lowest BCUT2D eigenvalue weighted by Gasteiger charge is -1.92. The first-order valence-electron chi connectivity index (χ1n) is 4.35. The number of nitrogens with one attached hydrogen (secondary N) is 1. The minimum absolute atomic E-state index is 0.0109. The lowest BCUT2D eigenvalue weighted by atomic mass is 10.3. The second-order valence-corrected chi connectivity index (χ2v) is 4.18. The third-order valence-electron chi connectivity index (χ3n) is 2.21. The van der Waals surface area contributed by atoms with Crippen LogP contribution in [0.15, 0.2) is 29.2 Å². The lowest BCUT2D eigenvalue weighted by molar-refractivity contribution is 0.481. The van der Waals surface area contributed by atoms with Crippen LogP contribution in [0.25, 0.3) is 20.4 Å². The Labute approximate surface area is 87.8 Å². The summed E-state index contributed by atoms with van der Waals surface area (Å²) in [6, 6.07) is 4.85. The third-order valence-corrected chi connectivity index (χ3v) is 3.35. The van der Waals surface area contributed by atoms with E-state index in [0.29, 0.717) is 10.2 Å². The fourth-order valence-corrected chi connectivity index (χ4v) is 2.60. The molecule has 0 unspecified atom stereocenters. The standard InChI is InChI=1S/C10H6N2O2S/c13-6-4-7(14)12-8-5-2-1-3-11-10(5)15-9(6)8/h1-4H,(H2,12,13,14). The van der Waals surface area contributed by atoms with Crippen molar-refractivity contribution in [3.8, 4) is 5.75 Å². The van der Waals surface area contributed by atoms with E-state index in [9.17, 15) is 9.90 Å². The Kier molecular flexibility index (Phi) is 1.58. The number of hydrogen-bond acceptors (Lipinski definition) is 4. The Morgan fingerprint density at radius 1 is 1.47 bits per heavy atom. The highest BCUT2D eigenvalue weighted by atomic mass is 32.1. The Bertz CT molecular complexity index is 714. The third kappa shape index (κ3) is 1.13. The van der Waals surface area contributed by atoms with E-state index in [0.717, 1.165) is 10.2 Å². The fourth-order valence-electron chi connectivity index (χ4n) is 1.59. The highest BCUT2D eigenvalue weighted by molar-refractivity contribution is 7.25. The summed E-state index contributed by atoms with van der Waals surface area (Å²) in [7, 11) is 0. The van der Waals surface area contributed by atoms with Gasteiger partial charge in [0.25, 0.3) is 5.56 Å². The number of aromatic nitrogens is 2. The van der Waals surface area contributed by atoms with E-state index < -0.39 is 0 Å². The topological polar surface area (TPSA) is 66.0 Å². The first kappa shape index (κ1) is 8.43. The molecule has 0 saturated carbocycles. The zero-order chi connectivity index (χ0) is 10.4. The molecule has 15 heavy (non-hydrogen) atoms.